The molecule has 2 N–H and O–H groups in total. The predicted octanol–water partition coefficient (Wildman–Crippen LogP) is 2.15. The van der Waals surface area contributed by atoms with Gasteiger partial charge in [0.25, 0.3) is 11.1 Å². The number of carbonyl (C=O) groups is 3. The quantitative estimate of drug-likeness (QED) is 0.747. The van der Waals surface area contributed by atoms with E-state index in [1.54, 1.807) is 17.2 Å². The van der Waals surface area contributed by atoms with Crippen LogP contribution in [0, 0.1) is 0 Å². The monoisotopic (exact) mass is 410 g/mol. The minimum absolute atomic E-state index is 0.127. The molecule has 1 aromatic carbocycles. The molecule has 3 heterocycles. The summed E-state index contributed by atoms with van der Waals surface area (Å²) in [4.78, 5) is 48.1. The van der Waals surface area contributed by atoms with Gasteiger partial charge in [0.15, 0.2) is 5.82 Å². The van der Waals surface area contributed by atoms with Gasteiger partial charge in [-0.1, -0.05) is 18.2 Å². The number of imide groups is 1. The molecule has 0 saturated carbocycles. The standard InChI is InChI=1S/C19H18N6O3S/c26-17-14(29-19(28)23-17)12-15-20-7-6-16(22-15)24-8-10-25(11-9-24)18(27)21-13-4-2-1-3-5-13/h1-7,12H,8-11H2,(H,21,27)(H,23,26,28)/b14-12+. The Morgan fingerprint density at radius 2 is 1.86 bits per heavy atom. The zero-order chi connectivity index (χ0) is 20.2. The Morgan fingerprint density at radius 1 is 1.10 bits per heavy atom. The maximum absolute atomic E-state index is 12.4. The van der Waals surface area contributed by atoms with Crippen LogP contribution in [0.2, 0.25) is 0 Å². The highest BCUT2D eigenvalue weighted by molar-refractivity contribution is 8.18. The third-order valence-electron chi connectivity index (χ3n) is 4.48. The number of hydrogen-bond acceptors (Lipinski definition) is 7. The fourth-order valence-corrected chi connectivity index (χ4v) is 3.66. The fourth-order valence-electron chi connectivity index (χ4n) is 3.01. The first-order valence-electron chi connectivity index (χ1n) is 9.02. The number of aromatic nitrogens is 2. The average molecular weight is 410 g/mol. The molecule has 4 rings (SSSR count). The van der Waals surface area contributed by atoms with Crippen LogP contribution in [-0.2, 0) is 4.79 Å². The van der Waals surface area contributed by atoms with Crippen LogP contribution in [0.1, 0.15) is 5.82 Å². The van der Waals surface area contributed by atoms with E-state index in [0.717, 1.165) is 17.4 Å². The molecule has 2 aliphatic rings. The number of nitrogens with zero attached hydrogens (tertiary/aromatic N) is 4. The molecule has 29 heavy (non-hydrogen) atoms. The van der Waals surface area contributed by atoms with Gasteiger partial charge in [0.05, 0.1) is 4.91 Å². The number of carbonyl (C=O) groups excluding carboxylic acids is 3. The van der Waals surface area contributed by atoms with Crippen LogP contribution < -0.4 is 15.5 Å². The maximum atomic E-state index is 12.4. The molecule has 0 atom stereocenters. The van der Waals surface area contributed by atoms with Crippen LogP contribution in [0.4, 0.5) is 21.1 Å². The first-order valence-corrected chi connectivity index (χ1v) is 9.84. The lowest BCUT2D eigenvalue weighted by Gasteiger charge is -2.35. The van der Waals surface area contributed by atoms with Gasteiger partial charge in [-0.25, -0.2) is 14.8 Å². The average Bonchev–Trinajstić information content (AvgIpc) is 3.05. The summed E-state index contributed by atoms with van der Waals surface area (Å²) >= 11 is 0.831. The molecular formula is C19H18N6O3S. The second-order valence-electron chi connectivity index (χ2n) is 6.40. The zero-order valence-corrected chi connectivity index (χ0v) is 16.2. The highest BCUT2D eigenvalue weighted by atomic mass is 32.2. The van der Waals surface area contributed by atoms with Crippen LogP contribution in [0.5, 0.6) is 0 Å². The lowest BCUT2D eigenvalue weighted by molar-refractivity contribution is -0.115. The summed E-state index contributed by atoms with van der Waals surface area (Å²) in [5.41, 5.74) is 0.765. The van der Waals surface area contributed by atoms with Gasteiger partial charge in [-0.2, -0.15) is 0 Å². The van der Waals surface area contributed by atoms with Crippen LogP contribution in [0.3, 0.4) is 0 Å². The molecule has 0 bridgehead atoms. The molecule has 4 amide bonds. The van der Waals surface area contributed by atoms with Gasteiger partial charge < -0.3 is 15.1 Å². The molecule has 10 heteroatoms. The van der Waals surface area contributed by atoms with Crippen molar-refractivity contribution in [1.82, 2.24) is 20.2 Å². The molecule has 2 aliphatic heterocycles. The number of piperazine rings is 1. The largest absolute Gasteiger partial charge is 0.353 e. The van der Waals surface area contributed by atoms with Crippen molar-refractivity contribution < 1.29 is 14.4 Å². The lowest BCUT2D eigenvalue weighted by atomic mass is 10.3. The highest BCUT2D eigenvalue weighted by Crippen LogP contribution is 2.25. The van der Waals surface area contributed by atoms with E-state index < -0.39 is 11.1 Å². The first-order chi connectivity index (χ1) is 14.1. The van der Waals surface area contributed by atoms with Gasteiger partial charge in [0, 0.05) is 44.1 Å². The van der Waals surface area contributed by atoms with Crippen LogP contribution in [-0.4, -0.2) is 58.2 Å². The van der Waals surface area contributed by atoms with Gasteiger partial charge in [0.1, 0.15) is 5.82 Å². The Morgan fingerprint density at radius 3 is 2.55 bits per heavy atom. The molecule has 0 aliphatic carbocycles. The van der Waals surface area contributed by atoms with Gasteiger partial charge in [-0.05, 0) is 30.0 Å². The Balaban J connectivity index is 1.37. The van der Waals surface area contributed by atoms with Crippen molar-refractivity contribution in [3.05, 3.63) is 53.3 Å². The number of urea groups is 1. The van der Waals surface area contributed by atoms with Gasteiger partial charge >= 0.3 is 6.03 Å². The summed E-state index contributed by atoms with van der Waals surface area (Å²) in [6.45, 7) is 2.38. The van der Waals surface area contributed by atoms with Crippen molar-refractivity contribution in [3.8, 4) is 0 Å². The van der Waals surface area contributed by atoms with Crippen molar-refractivity contribution >= 4 is 46.5 Å². The molecule has 2 fully saturated rings. The Kier molecular flexibility index (Phi) is 5.43. The first kappa shape index (κ1) is 18.9. The van der Waals surface area contributed by atoms with Crippen molar-refractivity contribution in [2.45, 2.75) is 0 Å². The minimum atomic E-state index is -0.438. The van der Waals surface area contributed by atoms with Gasteiger partial charge in [-0.3, -0.25) is 14.9 Å². The molecule has 2 aromatic rings. The third-order valence-corrected chi connectivity index (χ3v) is 5.29. The summed E-state index contributed by atoms with van der Waals surface area (Å²) in [7, 11) is 0. The number of amides is 4. The molecule has 0 unspecified atom stereocenters. The molecule has 148 valence electrons. The highest BCUT2D eigenvalue weighted by Gasteiger charge is 2.26. The number of hydrogen-bond donors (Lipinski definition) is 2. The van der Waals surface area contributed by atoms with E-state index in [-0.39, 0.29) is 10.9 Å². The summed E-state index contributed by atoms with van der Waals surface area (Å²) in [5, 5.41) is 4.70. The SMILES string of the molecule is O=C1NC(=O)/C(=C\c2nccc(N3CCN(C(=O)Nc4ccccc4)CC3)n2)S1. The maximum Gasteiger partial charge on any atom is 0.321 e. The topological polar surface area (TPSA) is 108 Å². The van der Waals surface area contributed by atoms with Crippen molar-refractivity contribution in [3.63, 3.8) is 0 Å². The number of benzene rings is 1. The second kappa shape index (κ2) is 8.31. The second-order valence-corrected chi connectivity index (χ2v) is 7.41. The number of thioether (sulfide) groups is 1. The third kappa shape index (κ3) is 4.54. The number of nitrogens with one attached hydrogen (secondary N) is 2. The van der Waals surface area contributed by atoms with Crippen molar-refractivity contribution in [2.75, 3.05) is 36.4 Å². The fraction of sp³-hybridized carbons (Fsp3) is 0.211. The number of anilines is 2. The minimum Gasteiger partial charge on any atom is -0.353 e. The van der Waals surface area contributed by atoms with Gasteiger partial charge in [-0.15, -0.1) is 0 Å². The van der Waals surface area contributed by atoms with E-state index >= 15 is 0 Å². The Bertz CT molecular complexity index is 973. The molecule has 2 saturated heterocycles. The lowest BCUT2D eigenvalue weighted by Crippen LogP contribution is -2.50. The molecule has 9 nitrogen and oxygen atoms in total. The summed E-state index contributed by atoms with van der Waals surface area (Å²) in [5.74, 6) is 0.635. The van der Waals surface area contributed by atoms with E-state index in [9.17, 15) is 14.4 Å². The van der Waals surface area contributed by atoms with Crippen molar-refractivity contribution in [2.24, 2.45) is 0 Å². The van der Waals surface area contributed by atoms with Crippen LogP contribution in [0.25, 0.3) is 6.08 Å². The van der Waals surface area contributed by atoms with Crippen LogP contribution in [0.15, 0.2) is 47.5 Å². The Hall–Kier alpha value is -3.40. The smallest absolute Gasteiger partial charge is 0.321 e. The molecule has 1 aromatic heterocycles. The number of rotatable bonds is 3. The van der Waals surface area contributed by atoms with Crippen molar-refractivity contribution in [1.29, 1.82) is 0 Å². The zero-order valence-electron chi connectivity index (χ0n) is 15.4. The Labute approximate surface area is 171 Å². The summed E-state index contributed by atoms with van der Waals surface area (Å²) < 4.78 is 0. The normalized spacial score (nSPS) is 18.1. The predicted molar refractivity (Wildman–Crippen MR) is 110 cm³/mol. The molecule has 0 radical (unpaired) electrons. The van der Waals surface area contributed by atoms with Crippen LogP contribution >= 0.6 is 11.8 Å². The number of para-hydroxylation sites is 1. The molecular weight excluding hydrogens is 392 g/mol. The van der Waals surface area contributed by atoms with Gasteiger partial charge in [0.2, 0.25) is 0 Å². The van der Waals surface area contributed by atoms with E-state index in [1.165, 1.54) is 6.08 Å². The summed E-state index contributed by atoms with van der Waals surface area (Å²) in [6, 6.07) is 11.0. The van der Waals surface area contributed by atoms with E-state index in [2.05, 4.69) is 25.5 Å². The van der Waals surface area contributed by atoms with E-state index in [1.807, 2.05) is 30.3 Å². The summed E-state index contributed by atoms with van der Waals surface area (Å²) in [6.07, 6.45) is 3.11. The molecule has 0 spiro atoms. The van der Waals surface area contributed by atoms with E-state index in [0.29, 0.717) is 37.8 Å². The van der Waals surface area contributed by atoms with E-state index in [4.69, 9.17) is 0 Å².